The van der Waals surface area contributed by atoms with Crippen molar-refractivity contribution in [3.63, 3.8) is 0 Å². The molecule has 0 saturated carbocycles. The van der Waals surface area contributed by atoms with E-state index >= 15 is 0 Å². The van der Waals surface area contributed by atoms with E-state index in [0.717, 1.165) is 16.9 Å². The van der Waals surface area contributed by atoms with Crippen molar-refractivity contribution in [1.29, 1.82) is 0 Å². The number of nitrogens with zero attached hydrogens (tertiary/aromatic N) is 1. The quantitative estimate of drug-likeness (QED) is 0.708. The van der Waals surface area contributed by atoms with Gasteiger partial charge in [0.15, 0.2) is 6.61 Å². The van der Waals surface area contributed by atoms with E-state index in [9.17, 15) is 4.79 Å². The first-order valence-corrected chi connectivity index (χ1v) is 8.50. The van der Waals surface area contributed by atoms with Gasteiger partial charge in [0.2, 0.25) is 0 Å². The molecule has 0 fully saturated rings. The van der Waals surface area contributed by atoms with Gasteiger partial charge in [0.05, 0.1) is 16.1 Å². The Morgan fingerprint density at radius 1 is 1.24 bits per heavy atom. The smallest absolute Gasteiger partial charge is 0.257 e. The van der Waals surface area contributed by atoms with Crippen molar-refractivity contribution in [2.45, 2.75) is 20.3 Å². The lowest BCUT2D eigenvalue weighted by Gasteiger charge is -2.08. The molecule has 2 aromatic carbocycles. The lowest BCUT2D eigenvalue weighted by atomic mass is 10.1. The summed E-state index contributed by atoms with van der Waals surface area (Å²) in [6, 6.07) is 11.2. The van der Waals surface area contributed by atoms with Gasteiger partial charge in [-0.25, -0.2) is 4.98 Å². The number of nitrogens with one attached hydrogen (secondary N) is 2. The number of carbonyl (C=O) groups excluding carboxylic acids is 1. The van der Waals surface area contributed by atoms with Gasteiger partial charge in [-0.3, -0.25) is 4.79 Å². The number of hydrogen-bond donors (Lipinski definition) is 2. The second kappa shape index (κ2) is 7.57. The minimum atomic E-state index is -0.192. The molecule has 6 heteroatoms. The van der Waals surface area contributed by atoms with E-state index in [1.54, 1.807) is 12.1 Å². The predicted molar refractivity (Wildman–Crippen MR) is 99.2 cm³/mol. The van der Waals surface area contributed by atoms with Gasteiger partial charge in [0.25, 0.3) is 5.91 Å². The van der Waals surface area contributed by atoms with Crippen LogP contribution in [0.25, 0.3) is 11.0 Å². The summed E-state index contributed by atoms with van der Waals surface area (Å²) in [6.45, 7) is 4.57. The minimum Gasteiger partial charge on any atom is -0.482 e. The number of halogens is 1. The zero-order valence-electron chi connectivity index (χ0n) is 14.2. The van der Waals surface area contributed by atoms with Gasteiger partial charge in [-0.2, -0.15) is 0 Å². The Balaban J connectivity index is 1.49. The van der Waals surface area contributed by atoms with Gasteiger partial charge in [-0.15, -0.1) is 0 Å². The Labute approximate surface area is 151 Å². The second-order valence-corrected chi connectivity index (χ2v) is 6.36. The topological polar surface area (TPSA) is 67.0 Å². The molecule has 1 amide bonds. The number of hydrogen-bond acceptors (Lipinski definition) is 3. The van der Waals surface area contributed by atoms with Crippen LogP contribution in [0, 0.1) is 13.8 Å². The van der Waals surface area contributed by atoms with Crippen LogP contribution in [0.4, 0.5) is 0 Å². The van der Waals surface area contributed by atoms with Gasteiger partial charge in [0, 0.05) is 13.0 Å². The highest BCUT2D eigenvalue weighted by Gasteiger charge is 2.07. The van der Waals surface area contributed by atoms with Gasteiger partial charge >= 0.3 is 0 Å². The molecule has 0 saturated heterocycles. The second-order valence-electron chi connectivity index (χ2n) is 5.96. The van der Waals surface area contributed by atoms with Crippen LogP contribution in [0.2, 0.25) is 5.02 Å². The van der Waals surface area contributed by atoms with Crippen LogP contribution in [0.15, 0.2) is 36.4 Å². The van der Waals surface area contributed by atoms with Crippen LogP contribution in [0.1, 0.15) is 17.0 Å². The number of rotatable bonds is 6. The average Bonchev–Trinajstić information content (AvgIpc) is 2.96. The summed E-state index contributed by atoms with van der Waals surface area (Å²) in [4.78, 5) is 19.7. The van der Waals surface area contributed by atoms with Crippen molar-refractivity contribution in [3.8, 4) is 5.75 Å². The summed E-state index contributed by atoms with van der Waals surface area (Å²) in [5.74, 6) is 1.16. The molecule has 130 valence electrons. The standard InChI is InChI=1S/C19H20ClN3O2/c1-12-9-15-16(10-13(12)2)23-18(22-15)7-8-21-19(24)11-25-17-6-4-3-5-14(17)20/h3-6,9-10H,7-8,11H2,1-2H3,(H,21,24)(H,22,23). The molecule has 3 rings (SSSR count). The van der Waals surface area contributed by atoms with Crippen LogP contribution < -0.4 is 10.1 Å². The normalized spacial score (nSPS) is 10.8. The van der Waals surface area contributed by atoms with E-state index in [2.05, 4.69) is 41.3 Å². The number of benzene rings is 2. The molecule has 3 aromatic rings. The highest BCUT2D eigenvalue weighted by molar-refractivity contribution is 6.32. The molecular weight excluding hydrogens is 338 g/mol. The Morgan fingerprint density at radius 3 is 2.80 bits per heavy atom. The van der Waals surface area contributed by atoms with Gasteiger partial charge in [0.1, 0.15) is 11.6 Å². The van der Waals surface area contributed by atoms with Gasteiger partial charge in [-0.05, 0) is 49.2 Å². The molecule has 5 nitrogen and oxygen atoms in total. The van der Waals surface area contributed by atoms with Crippen LogP contribution in [0.5, 0.6) is 5.75 Å². The maximum absolute atomic E-state index is 11.9. The number of imidazole rings is 1. The highest BCUT2D eigenvalue weighted by Crippen LogP contribution is 2.22. The lowest BCUT2D eigenvalue weighted by molar-refractivity contribution is -0.123. The number of aromatic nitrogens is 2. The van der Waals surface area contributed by atoms with E-state index in [4.69, 9.17) is 16.3 Å². The van der Waals surface area contributed by atoms with Crippen LogP contribution in [-0.4, -0.2) is 29.0 Å². The fraction of sp³-hybridized carbons (Fsp3) is 0.263. The van der Waals surface area contributed by atoms with Crippen molar-refractivity contribution in [2.24, 2.45) is 0 Å². The Hall–Kier alpha value is -2.53. The van der Waals surface area contributed by atoms with E-state index in [-0.39, 0.29) is 12.5 Å². The number of amides is 1. The summed E-state index contributed by atoms with van der Waals surface area (Å²) >= 11 is 5.98. The molecule has 0 atom stereocenters. The monoisotopic (exact) mass is 357 g/mol. The Bertz CT molecular complexity index is 866. The summed E-state index contributed by atoms with van der Waals surface area (Å²) < 4.78 is 5.41. The highest BCUT2D eigenvalue weighted by atomic mass is 35.5. The minimum absolute atomic E-state index is 0.0672. The first kappa shape index (κ1) is 17.3. The SMILES string of the molecule is Cc1cc2nc(CCNC(=O)COc3ccccc3Cl)[nH]c2cc1C. The molecule has 0 spiro atoms. The molecule has 0 bridgehead atoms. The Kier molecular flexibility index (Phi) is 5.24. The van der Waals surface area contributed by atoms with Crippen molar-refractivity contribution >= 4 is 28.5 Å². The number of ether oxygens (including phenoxy) is 1. The molecule has 0 aliphatic carbocycles. The summed E-state index contributed by atoms with van der Waals surface area (Å²) in [5.41, 5.74) is 4.42. The maximum atomic E-state index is 11.9. The van der Waals surface area contributed by atoms with E-state index in [1.165, 1.54) is 11.1 Å². The molecule has 0 unspecified atom stereocenters. The molecule has 1 heterocycles. The number of carbonyl (C=O) groups is 1. The summed E-state index contributed by atoms with van der Waals surface area (Å²) in [5, 5.41) is 3.31. The van der Waals surface area contributed by atoms with E-state index in [0.29, 0.717) is 23.7 Å². The first-order valence-electron chi connectivity index (χ1n) is 8.13. The summed E-state index contributed by atoms with van der Waals surface area (Å²) in [6.07, 6.45) is 0.630. The summed E-state index contributed by atoms with van der Waals surface area (Å²) in [7, 11) is 0. The van der Waals surface area contributed by atoms with Crippen molar-refractivity contribution < 1.29 is 9.53 Å². The van der Waals surface area contributed by atoms with Gasteiger partial charge in [-0.1, -0.05) is 23.7 Å². The molecule has 1 aromatic heterocycles. The molecule has 0 radical (unpaired) electrons. The zero-order chi connectivity index (χ0) is 17.8. The third kappa shape index (κ3) is 4.31. The van der Waals surface area contributed by atoms with Gasteiger partial charge < -0.3 is 15.0 Å². The van der Waals surface area contributed by atoms with Crippen molar-refractivity contribution in [1.82, 2.24) is 15.3 Å². The number of aryl methyl sites for hydroxylation is 2. The molecule has 0 aliphatic heterocycles. The molecular formula is C19H20ClN3O2. The fourth-order valence-electron chi connectivity index (χ4n) is 2.52. The van der Waals surface area contributed by atoms with Crippen LogP contribution in [-0.2, 0) is 11.2 Å². The third-order valence-corrected chi connectivity index (χ3v) is 4.34. The fourth-order valence-corrected chi connectivity index (χ4v) is 2.71. The molecule has 25 heavy (non-hydrogen) atoms. The Morgan fingerprint density at radius 2 is 2.00 bits per heavy atom. The molecule has 0 aliphatic rings. The number of aromatic amines is 1. The number of H-pyrrole nitrogens is 1. The van der Waals surface area contributed by atoms with Crippen LogP contribution in [0.3, 0.4) is 0 Å². The largest absolute Gasteiger partial charge is 0.482 e. The lowest BCUT2D eigenvalue weighted by Crippen LogP contribution is -2.30. The predicted octanol–water partition coefficient (Wildman–Crippen LogP) is 3.57. The van der Waals surface area contributed by atoms with Crippen LogP contribution >= 0.6 is 11.6 Å². The average molecular weight is 358 g/mol. The van der Waals surface area contributed by atoms with Crippen molar-refractivity contribution in [2.75, 3.05) is 13.2 Å². The zero-order valence-corrected chi connectivity index (χ0v) is 15.0. The number of para-hydroxylation sites is 1. The van der Waals surface area contributed by atoms with E-state index in [1.807, 2.05) is 12.1 Å². The third-order valence-electron chi connectivity index (χ3n) is 4.03. The van der Waals surface area contributed by atoms with Crippen molar-refractivity contribution in [3.05, 3.63) is 58.4 Å². The first-order chi connectivity index (χ1) is 12.0. The number of fused-ring (bicyclic) bond motifs is 1. The maximum Gasteiger partial charge on any atom is 0.257 e. The van der Waals surface area contributed by atoms with E-state index < -0.39 is 0 Å². The molecule has 2 N–H and O–H groups in total.